The fraction of sp³-hybridized carbons (Fsp3) is 0.167. The van der Waals surface area contributed by atoms with Crippen LogP contribution in [0.15, 0.2) is 28.8 Å². The monoisotopic (exact) mass is 317 g/mol. The van der Waals surface area contributed by atoms with Gasteiger partial charge in [0, 0.05) is 11.6 Å². The summed E-state index contributed by atoms with van der Waals surface area (Å²) in [6.07, 6.45) is 1.68. The van der Waals surface area contributed by atoms with Gasteiger partial charge in [0.2, 0.25) is 0 Å². The summed E-state index contributed by atoms with van der Waals surface area (Å²) < 4.78 is 5.07. The van der Waals surface area contributed by atoms with Crippen molar-refractivity contribution in [1.82, 2.24) is 5.16 Å². The van der Waals surface area contributed by atoms with Gasteiger partial charge in [0.25, 0.3) is 0 Å². The van der Waals surface area contributed by atoms with Crippen molar-refractivity contribution in [1.29, 1.82) is 0 Å². The predicted molar refractivity (Wildman–Crippen MR) is 75.9 cm³/mol. The molecule has 4 nitrogen and oxygen atoms in total. The number of carboxylic acid groups (broad SMARTS) is 1. The minimum atomic E-state index is -0.986. The molecule has 0 bridgehead atoms. The summed E-state index contributed by atoms with van der Waals surface area (Å²) >= 11 is 13.3. The first-order valence-corrected chi connectivity index (χ1v) is 7.25. The van der Waals surface area contributed by atoms with Gasteiger partial charge in [0.15, 0.2) is 11.0 Å². The number of benzene rings is 1. The molecule has 0 spiro atoms. The number of halogens is 2. The Labute approximate surface area is 123 Å². The Balaban J connectivity index is 2.44. The summed E-state index contributed by atoms with van der Waals surface area (Å²) in [5.74, 6) is -0.730. The van der Waals surface area contributed by atoms with Crippen LogP contribution < -0.4 is 0 Å². The van der Waals surface area contributed by atoms with Gasteiger partial charge in [-0.15, -0.1) is 11.8 Å². The summed E-state index contributed by atoms with van der Waals surface area (Å²) in [5.41, 5.74) is 0.956. The number of rotatable bonds is 4. The quantitative estimate of drug-likeness (QED) is 0.918. The SMILES string of the molecule is CS[C@H](C(=O)O)c1cc(-c2c(Cl)cccc2Cl)no1. The summed E-state index contributed by atoms with van der Waals surface area (Å²) in [4.78, 5) is 11.0. The second-order valence-corrected chi connectivity index (χ2v) is 5.42. The number of carbonyl (C=O) groups is 1. The molecule has 1 N–H and O–H groups in total. The van der Waals surface area contributed by atoms with Crippen molar-refractivity contribution in [3.8, 4) is 11.3 Å². The Hall–Kier alpha value is -1.17. The van der Waals surface area contributed by atoms with Gasteiger partial charge in [0.1, 0.15) is 5.69 Å². The molecule has 0 aliphatic carbocycles. The van der Waals surface area contributed by atoms with Crippen LogP contribution >= 0.6 is 35.0 Å². The molecule has 0 saturated heterocycles. The Kier molecular flexibility index (Phi) is 4.39. The van der Waals surface area contributed by atoms with Crippen LogP contribution in [0, 0.1) is 0 Å². The summed E-state index contributed by atoms with van der Waals surface area (Å²) in [7, 11) is 0. The molecular formula is C12H9Cl2NO3S. The number of nitrogens with zero attached hydrogens (tertiary/aromatic N) is 1. The Morgan fingerprint density at radius 3 is 2.58 bits per heavy atom. The van der Waals surface area contributed by atoms with Crippen molar-refractivity contribution in [2.24, 2.45) is 0 Å². The molecule has 19 heavy (non-hydrogen) atoms. The van der Waals surface area contributed by atoms with Crippen LogP contribution in [0.4, 0.5) is 0 Å². The second kappa shape index (κ2) is 5.86. The van der Waals surface area contributed by atoms with E-state index in [-0.39, 0.29) is 5.76 Å². The van der Waals surface area contributed by atoms with Gasteiger partial charge >= 0.3 is 5.97 Å². The summed E-state index contributed by atoms with van der Waals surface area (Å²) in [5, 5.41) is 13.0. The summed E-state index contributed by atoms with van der Waals surface area (Å²) in [6.45, 7) is 0. The third-order valence-electron chi connectivity index (χ3n) is 2.47. The van der Waals surface area contributed by atoms with E-state index < -0.39 is 11.2 Å². The van der Waals surface area contributed by atoms with Gasteiger partial charge in [-0.05, 0) is 18.4 Å². The molecule has 0 unspecified atom stereocenters. The van der Waals surface area contributed by atoms with Gasteiger partial charge in [-0.2, -0.15) is 0 Å². The molecule has 2 aromatic rings. The first-order valence-electron chi connectivity index (χ1n) is 5.21. The Morgan fingerprint density at radius 2 is 2.05 bits per heavy atom. The number of aliphatic carboxylic acids is 1. The maximum atomic E-state index is 11.0. The van der Waals surface area contributed by atoms with E-state index in [1.165, 1.54) is 0 Å². The maximum Gasteiger partial charge on any atom is 0.324 e. The summed E-state index contributed by atoms with van der Waals surface area (Å²) in [6, 6.07) is 6.63. The molecule has 0 aliphatic heterocycles. The fourth-order valence-electron chi connectivity index (χ4n) is 1.61. The predicted octanol–water partition coefficient (Wildman–Crippen LogP) is 4.14. The third-order valence-corrected chi connectivity index (χ3v) is 4.00. The average Bonchev–Trinajstić information content (AvgIpc) is 2.78. The van der Waals surface area contributed by atoms with E-state index in [4.69, 9.17) is 32.8 Å². The Bertz CT molecular complexity index is 595. The average molecular weight is 318 g/mol. The molecule has 1 aromatic carbocycles. The van der Waals surface area contributed by atoms with Gasteiger partial charge in [-0.1, -0.05) is 34.4 Å². The van der Waals surface area contributed by atoms with E-state index in [0.717, 1.165) is 11.8 Å². The molecule has 1 heterocycles. The van der Waals surface area contributed by atoms with Crippen molar-refractivity contribution in [3.05, 3.63) is 40.1 Å². The molecule has 0 aliphatic rings. The topological polar surface area (TPSA) is 63.3 Å². The van der Waals surface area contributed by atoms with Crippen LogP contribution in [-0.4, -0.2) is 22.5 Å². The van der Waals surface area contributed by atoms with Crippen LogP contribution in [0.1, 0.15) is 11.0 Å². The van der Waals surface area contributed by atoms with Crippen LogP contribution in [0.2, 0.25) is 10.0 Å². The Morgan fingerprint density at radius 1 is 1.42 bits per heavy atom. The van der Waals surface area contributed by atoms with E-state index >= 15 is 0 Å². The van der Waals surface area contributed by atoms with Gasteiger partial charge < -0.3 is 9.63 Å². The molecule has 2 rings (SSSR count). The second-order valence-electron chi connectivity index (χ2n) is 3.67. The molecule has 0 amide bonds. The van der Waals surface area contributed by atoms with Crippen LogP contribution in [0.25, 0.3) is 11.3 Å². The van der Waals surface area contributed by atoms with Gasteiger partial charge in [-0.25, -0.2) is 0 Å². The van der Waals surface area contributed by atoms with Gasteiger partial charge in [0.05, 0.1) is 10.0 Å². The zero-order chi connectivity index (χ0) is 14.0. The van der Waals surface area contributed by atoms with Crippen molar-refractivity contribution in [2.45, 2.75) is 5.25 Å². The van der Waals surface area contributed by atoms with Crippen molar-refractivity contribution in [2.75, 3.05) is 6.26 Å². The minimum Gasteiger partial charge on any atom is -0.480 e. The largest absolute Gasteiger partial charge is 0.480 e. The van der Waals surface area contributed by atoms with Crippen molar-refractivity contribution in [3.63, 3.8) is 0 Å². The fourth-order valence-corrected chi connectivity index (χ4v) is 2.75. The molecule has 100 valence electrons. The lowest BCUT2D eigenvalue weighted by atomic mass is 10.1. The van der Waals surface area contributed by atoms with Gasteiger partial charge in [-0.3, -0.25) is 4.79 Å². The lowest BCUT2D eigenvalue weighted by Gasteiger charge is -2.03. The minimum absolute atomic E-state index is 0.256. The number of thioether (sulfide) groups is 1. The van der Waals surface area contributed by atoms with Crippen molar-refractivity contribution < 1.29 is 14.4 Å². The number of carboxylic acids is 1. The molecule has 1 aromatic heterocycles. The number of hydrogen-bond acceptors (Lipinski definition) is 4. The van der Waals surface area contributed by atoms with Crippen LogP contribution in [0.5, 0.6) is 0 Å². The molecule has 0 radical (unpaired) electrons. The van der Waals surface area contributed by atoms with E-state index in [9.17, 15) is 4.79 Å². The number of aromatic nitrogens is 1. The third kappa shape index (κ3) is 2.88. The van der Waals surface area contributed by atoms with E-state index in [1.54, 1.807) is 30.5 Å². The van der Waals surface area contributed by atoms with Crippen molar-refractivity contribution >= 4 is 40.9 Å². The highest BCUT2D eigenvalue weighted by atomic mass is 35.5. The molecular weight excluding hydrogens is 309 g/mol. The highest BCUT2D eigenvalue weighted by Gasteiger charge is 2.24. The molecule has 0 fully saturated rings. The zero-order valence-corrected chi connectivity index (χ0v) is 12.1. The number of hydrogen-bond donors (Lipinski definition) is 1. The highest BCUT2D eigenvalue weighted by molar-refractivity contribution is 7.99. The van der Waals surface area contributed by atoms with E-state index in [0.29, 0.717) is 21.3 Å². The molecule has 1 atom stereocenters. The maximum absolute atomic E-state index is 11.0. The molecule has 0 saturated carbocycles. The van der Waals surface area contributed by atoms with E-state index in [1.807, 2.05) is 0 Å². The lowest BCUT2D eigenvalue weighted by Crippen LogP contribution is -2.06. The smallest absolute Gasteiger partial charge is 0.324 e. The highest BCUT2D eigenvalue weighted by Crippen LogP contribution is 2.36. The van der Waals surface area contributed by atoms with E-state index in [2.05, 4.69) is 5.16 Å². The lowest BCUT2D eigenvalue weighted by molar-refractivity contribution is -0.136. The van der Waals surface area contributed by atoms with Crippen LogP contribution in [-0.2, 0) is 4.79 Å². The van der Waals surface area contributed by atoms with Crippen LogP contribution in [0.3, 0.4) is 0 Å². The standard InChI is InChI=1S/C12H9Cl2NO3S/c1-19-11(12(16)17)9-5-8(15-18-9)10-6(13)3-2-4-7(10)14/h2-5,11H,1H3,(H,16,17)/t11-/m0/s1. The zero-order valence-electron chi connectivity index (χ0n) is 9.76. The molecule has 7 heteroatoms. The first-order chi connectivity index (χ1) is 9.04. The normalized spacial score (nSPS) is 12.4. The first kappa shape index (κ1) is 14.2.